The molecule has 6 heteroatoms. The Hall–Kier alpha value is -2.76. The third kappa shape index (κ3) is 3.13. The Morgan fingerprint density at radius 2 is 1.88 bits per heavy atom. The molecule has 0 radical (unpaired) electrons. The fourth-order valence-electron chi connectivity index (χ4n) is 2.73. The summed E-state index contributed by atoms with van der Waals surface area (Å²) in [6.07, 6.45) is 0.285. The van der Waals surface area contributed by atoms with Crippen molar-refractivity contribution in [1.82, 2.24) is 0 Å². The normalized spacial score (nSPS) is 17.2. The quantitative estimate of drug-likeness (QED) is 0.878. The molecule has 2 aromatic carbocycles. The first-order valence-electron chi connectivity index (χ1n) is 7.59. The number of nitrogens with one attached hydrogen (secondary N) is 1. The fraction of sp³-hybridized carbons (Fsp3) is 0.222. The second-order valence-electron chi connectivity index (χ2n) is 5.78. The van der Waals surface area contributed by atoms with Crippen molar-refractivity contribution in [2.45, 2.75) is 13.3 Å². The van der Waals surface area contributed by atoms with Crippen LogP contribution in [0.1, 0.15) is 12.0 Å². The molecule has 0 spiro atoms. The lowest BCUT2D eigenvalue weighted by atomic mass is 10.1. The first-order valence-corrected chi connectivity index (χ1v) is 7.59. The van der Waals surface area contributed by atoms with Crippen LogP contribution in [0.3, 0.4) is 0 Å². The molecule has 1 N–H and O–H groups in total. The van der Waals surface area contributed by atoms with E-state index in [0.29, 0.717) is 5.69 Å². The van der Waals surface area contributed by atoms with Gasteiger partial charge in [-0.2, -0.15) is 0 Å². The number of carbonyl (C=O) groups excluding carboxylic acids is 2. The van der Waals surface area contributed by atoms with Crippen LogP contribution >= 0.6 is 0 Å². The molecule has 124 valence electrons. The summed E-state index contributed by atoms with van der Waals surface area (Å²) in [5.74, 6) is -3.31. The lowest BCUT2D eigenvalue weighted by Crippen LogP contribution is -2.33. The summed E-state index contributed by atoms with van der Waals surface area (Å²) in [7, 11) is 0. The van der Waals surface area contributed by atoms with Gasteiger partial charge in [0.05, 0.1) is 5.69 Å². The molecule has 0 aliphatic carbocycles. The maximum atomic E-state index is 13.9. The van der Waals surface area contributed by atoms with E-state index in [-0.39, 0.29) is 18.7 Å². The smallest absolute Gasteiger partial charge is 0.239 e. The van der Waals surface area contributed by atoms with Gasteiger partial charge in [-0.1, -0.05) is 17.7 Å². The van der Waals surface area contributed by atoms with Gasteiger partial charge in [0.1, 0.15) is 17.6 Å². The number of rotatable bonds is 3. The Morgan fingerprint density at radius 1 is 1.17 bits per heavy atom. The van der Waals surface area contributed by atoms with Gasteiger partial charge in [0.2, 0.25) is 11.8 Å². The zero-order valence-electron chi connectivity index (χ0n) is 13.1. The van der Waals surface area contributed by atoms with E-state index in [9.17, 15) is 18.4 Å². The topological polar surface area (TPSA) is 49.4 Å². The average Bonchev–Trinajstić information content (AvgIpc) is 2.91. The molecule has 0 unspecified atom stereocenters. The molecule has 1 aliphatic heterocycles. The molecule has 1 heterocycles. The summed E-state index contributed by atoms with van der Waals surface area (Å²) in [6.45, 7) is 2.15. The van der Waals surface area contributed by atoms with Crippen LogP contribution in [-0.2, 0) is 9.59 Å². The van der Waals surface area contributed by atoms with Crippen LogP contribution in [0.4, 0.5) is 20.2 Å². The molecule has 1 aliphatic rings. The van der Waals surface area contributed by atoms with Crippen molar-refractivity contribution in [2.75, 3.05) is 16.8 Å². The van der Waals surface area contributed by atoms with Crippen LogP contribution in [0.5, 0.6) is 0 Å². The number of aryl methyl sites for hydroxylation is 1. The molecular weight excluding hydrogens is 314 g/mol. The Morgan fingerprint density at radius 3 is 2.54 bits per heavy atom. The Labute approximate surface area is 138 Å². The van der Waals surface area contributed by atoms with Crippen molar-refractivity contribution in [3.63, 3.8) is 0 Å². The lowest BCUT2D eigenvalue weighted by Gasteiger charge is -2.17. The predicted molar refractivity (Wildman–Crippen MR) is 86.6 cm³/mol. The van der Waals surface area contributed by atoms with Gasteiger partial charge in [-0.25, -0.2) is 8.78 Å². The number of nitrogens with zero attached hydrogens (tertiary/aromatic N) is 1. The molecule has 1 saturated heterocycles. The number of benzene rings is 2. The maximum absolute atomic E-state index is 13.9. The summed E-state index contributed by atoms with van der Waals surface area (Å²) < 4.78 is 26.9. The summed E-state index contributed by atoms with van der Waals surface area (Å²) in [6, 6.07) is 10.2. The summed E-state index contributed by atoms with van der Waals surface area (Å²) in [5, 5.41) is 2.70. The fourth-order valence-corrected chi connectivity index (χ4v) is 2.73. The number of hydrogen-bond donors (Lipinski definition) is 1. The third-order valence-electron chi connectivity index (χ3n) is 4.04. The van der Waals surface area contributed by atoms with Gasteiger partial charge < -0.3 is 10.2 Å². The zero-order chi connectivity index (χ0) is 17.3. The van der Waals surface area contributed by atoms with Crippen molar-refractivity contribution in [3.05, 3.63) is 59.7 Å². The average molecular weight is 330 g/mol. The van der Waals surface area contributed by atoms with Crippen LogP contribution in [-0.4, -0.2) is 18.4 Å². The van der Waals surface area contributed by atoms with Crippen LogP contribution in [0.25, 0.3) is 0 Å². The Balaban J connectivity index is 1.73. The highest BCUT2D eigenvalue weighted by atomic mass is 19.1. The van der Waals surface area contributed by atoms with Gasteiger partial charge in [-0.05, 0) is 37.6 Å². The largest absolute Gasteiger partial charge is 0.325 e. The van der Waals surface area contributed by atoms with Crippen LogP contribution in [0, 0.1) is 24.5 Å². The number of hydrogen-bond acceptors (Lipinski definition) is 2. The molecule has 0 aromatic heterocycles. The van der Waals surface area contributed by atoms with Crippen LogP contribution in [0.2, 0.25) is 0 Å². The minimum Gasteiger partial charge on any atom is -0.325 e. The highest BCUT2D eigenvalue weighted by molar-refractivity contribution is 6.13. The maximum Gasteiger partial charge on any atom is 0.239 e. The van der Waals surface area contributed by atoms with E-state index in [4.69, 9.17) is 0 Å². The number of amides is 2. The molecule has 2 aromatic rings. The van der Waals surface area contributed by atoms with Gasteiger partial charge >= 0.3 is 0 Å². The van der Waals surface area contributed by atoms with E-state index in [2.05, 4.69) is 5.32 Å². The monoisotopic (exact) mass is 330 g/mol. The Bertz CT molecular complexity index is 790. The molecule has 0 bridgehead atoms. The molecule has 1 atom stereocenters. The van der Waals surface area contributed by atoms with Gasteiger partial charge in [0.25, 0.3) is 0 Å². The summed E-state index contributed by atoms with van der Waals surface area (Å²) >= 11 is 0. The molecule has 4 nitrogen and oxygen atoms in total. The molecule has 24 heavy (non-hydrogen) atoms. The van der Waals surface area contributed by atoms with Crippen LogP contribution < -0.4 is 10.2 Å². The second-order valence-corrected chi connectivity index (χ2v) is 5.78. The number of anilines is 2. The molecule has 3 rings (SSSR count). The highest BCUT2D eigenvalue weighted by Gasteiger charge is 2.38. The molecule has 0 saturated carbocycles. The zero-order valence-corrected chi connectivity index (χ0v) is 13.1. The molecule has 2 amide bonds. The SMILES string of the molecule is Cc1ccc(NC(=O)[C@@H]2CCN(c3ccc(F)cc3F)C2=O)cc1. The third-order valence-corrected chi connectivity index (χ3v) is 4.04. The minimum absolute atomic E-state index is 0.00737. The van der Waals surface area contributed by atoms with E-state index < -0.39 is 29.4 Å². The van der Waals surface area contributed by atoms with Gasteiger partial charge in [-0.3, -0.25) is 9.59 Å². The van der Waals surface area contributed by atoms with Crippen molar-refractivity contribution in [3.8, 4) is 0 Å². The van der Waals surface area contributed by atoms with Gasteiger partial charge in [0, 0.05) is 18.3 Å². The number of carbonyl (C=O) groups is 2. The van der Waals surface area contributed by atoms with E-state index in [1.54, 1.807) is 12.1 Å². The standard InChI is InChI=1S/C18H16F2N2O2/c1-11-2-5-13(6-3-11)21-17(23)14-8-9-22(18(14)24)16-7-4-12(19)10-15(16)20/h2-7,10,14H,8-9H2,1H3,(H,21,23)/t14-/m0/s1. The van der Waals surface area contributed by atoms with Crippen molar-refractivity contribution >= 4 is 23.2 Å². The second kappa shape index (κ2) is 6.39. The minimum atomic E-state index is -0.879. The van der Waals surface area contributed by atoms with E-state index >= 15 is 0 Å². The van der Waals surface area contributed by atoms with E-state index in [1.807, 2.05) is 19.1 Å². The van der Waals surface area contributed by atoms with Gasteiger partial charge in [0.15, 0.2) is 0 Å². The first kappa shape index (κ1) is 16.1. The lowest BCUT2D eigenvalue weighted by molar-refractivity contribution is -0.129. The van der Waals surface area contributed by atoms with E-state index in [1.165, 1.54) is 11.0 Å². The molecular formula is C18H16F2N2O2. The first-order chi connectivity index (χ1) is 11.5. The summed E-state index contributed by atoms with van der Waals surface area (Å²) in [4.78, 5) is 25.9. The van der Waals surface area contributed by atoms with Gasteiger partial charge in [-0.15, -0.1) is 0 Å². The predicted octanol–water partition coefficient (Wildman–Crippen LogP) is 3.26. The van der Waals surface area contributed by atoms with E-state index in [0.717, 1.165) is 17.7 Å². The van der Waals surface area contributed by atoms with Crippen LogP contribution in [0.15, 0.2) is 42.5 Å². The Kier molecular flexibility index (Phi) is 4.29. The van der Waals surface area contributed by atoms with Crippen molar-refractivity contribution in [1.29, 1.82) is 0 Å². The van der Waals surface area contributed by atoms with Crippen molar-refractivity contribution < 1.29 is 18.4 Å². The summed E-state index contributed by atoms with van der Waals surface area (Å²) in [5.41, 5.74) is 1.65. The number of halogens is 2. The molecule has 1 fully saturated rings. The van der Waals surface area contributed by atoms with Crippen molar-refractivity contribution in [2.24, 2.45) is 5.92 Å². The highest BCUT2D eigenvalue weighted by Crippen LogP contribution is 2.28.